The van der Waals surface area contributed by atoms with Crippen LogP contribution in [0, 0.1) is 24.9 Å². The molecule has 7 aromatic rings. The molecule has 0 aliphatic heterocycles. The minimum absolute atomic E-state index is 0. The van der Waals surface area contributed by atoms with E-state index in [4.69, 9.17) is 11.3 Å². The van der Waals surface area contributed by atoms with E-state index in [9.17, 15) is 0 Å². The quantitative estimate of drug-likeness (QED) is 0.150. The third kappa shape index (κ3) is 8.32. The molecule has 1 aliphatic carbocycles. The predicted octanol–water partition coefficient (Wildman–Crippen LogP) is 12.1. The van der Waals surface area contributed by atoms with Crippen LogP contribution in [0.4, 0.5) is 0 Å². The Balaban J connectivity index is 0.000000192. The van der Waals surface area contributed by atoms with E-state index in [1.165, 1.54) is 37.7 Å². The summed E-state index contributed by atoms with van der Waals surface area (Å²) in [6.45, 7) is 2.23. The molecule has 1 saturated carbocycles. The van der Waals surface area contributed by atoms with E-state index in [2.05, 4.69) is 54.1 Å². The van der Waals surface area contributed by atoms with Gasteiger partial charge in [0.1, 0.15) is 5.58 Å². The summed E-state index contributed by atoms with van der Waals surface area (Å²) in [5.41, 5.74) is 8.40. The zero-order chi connectivity index (χ0) is 37.9. The summed E-state index contributed by atoms with van der Waals surface area (Å²) < 4.78 is 47.0. The number of aryl methyl sites for hydroxylation is 1. The van der Waals surface area contributed by atoms with Gasteiger partial charge in [-0.05, 0) is 77.3 Å². The van der Waals surface area contributed by atoms with Crippen LogP contribution < -0.4 is 0 Å². The summed E-state index contributed by atoms with van der Waals surface area (Å²) in [7, 11) is 0. The molecule has 0 spiro atoms. The molecule has 3 nitrogen and oxygen atoms in total. The van der Waals surface area contributed by atoms with Crippen molar-refractivity contribution in [1.29, 1.82) is 0 Å². The zero-order valence-corrected chi connectivity index (χ0v) is 30.9. The van der Waals surface area contributed by atoms with Crippen LogP contribution in [0.15, 0.2) is 120 Å². The third-order valence-electron chi connectivity index (χ3n) is 9.41. The first-order valence-electron chi connectivity index (χ1n) is 19.8. The number of nitrogens with zero attached hydrogens (tertiary/aromatic N) is 2. The van der Waals surface area contributed by atoms with Gasteiger partial charge >= 0.3 is 0 Å². The Bertz CT molecular complexity index is 2350. The van der Waals surface area contributed by atoms with E-state index >= 15 is 0 Å². The molecule has 8 rings (SSSR count). The van der Waals surface area contributed by atoms with Gasteiger partial charge < -0.3 is 14.4 Å². The monoisotopic (exact) mass is 838 g/mol. The standard InChI is InChI=1S/C27H22NO.C19H22N.Ir/c1-18(2)21-11-12-22-23-9-6-10-24(27(23)29-26(22)17-21)25-16-20(13-14-28-25)15-19-7-4-3-5-8-19;1-15-14-20-19(17-10-6-3-7-11-17)13-18(15)12-16-8-4-2-5-9-16;/h3-9,11-14,16-18H,15H2,1-2H3;3,6-7,10,13-14,16H,2,4-5,8-9,12H2,1H3;/q2*-1;/i15D2;1D3;. The Morgan fingerprint density at radius 3 is 2.44 bits per heavy atom. The first kappa shape index (κ1) is 29.4. The Morgan fingerprint density at radius 2 is 1.66 bits per heavy atom. The molecule has 1 aliphatic rings. The normalized spacial score (nSPS) is 15.2. The molecule has 255 valence electrons. The van der Waals surface area contributed by atoms with Gasteiger partial charge in [0, 0.05) is 44.7 Å². The second-order valence-corrected chi connectivity index (χ2v) is 13.2. The van der Waals surface area contributed by atoms with Gasteiger partial charge in [0.15, 0.2) is 0 Å². The summed E-state index contributed by atoms with van der Waals surface area (Å²) in [6.07, 6.45) is 8.65. The molecule has 50 heavy (non-hydrogen) atoms. The van der Waals surface area contributed by atoms with E-state index < -0.39 is 13.2 Å². The third-order valence-corrected chi connectivity index (χ3v) is 9.41. The predicted molar refractivity (Wildman–Crippen MR) is 203 cm³/mol. The van der Waals surface area contributed by atoms with E-state index in [0.29, 0.717) is 34.2 Å². The van der Waals surface area contributed by atoms with Crippen LogP contribution in [-0.4, -0.2) is 9.97 Å². The van der Waals surface area contributed by atoms with Gasteiger partial charge in [0.25, 0.3) is 0 Å². The Morgan fingerprint density at radius 1 is 0.820 bits per heavy atom. The topological polar surface area (TPSA) is 38.9 Å². The maximum atomic E-state index is 8.69. The molecule has 4 aromatic carbocycles. The number of fused-ring (bicyclic) bond motifs is 3. The van der Waals surface area contributed by atoms with E-state index in [-0.39, 0.29) is 20.1 Å². The molecule has 0 saturated heterocycles. The zero-order valence-electron chi connectivity index (χ0n) is 33.5. The minimum atomic E-state index is -2.10. The van der Waals surface area contributed by atoms with E-state index in [1.807, 2.05) is 60.7 Å². The van der Waals surface area contributed by atoms with Gasteiger partial charge in [0.05, 0.1) is 5.58 Å². The number of hydrogen-bond acceptors (Lipinski definition) is 3. The van der Waals surface area contributed by atoms with E-state index in [0.717, 1.165) is 50.7 Å². The number of rotatable bonds is 7. The van der Waals surface area contributed by atoms with Crippen molar-refractivity contribution in [2.75, 3.05) is 0 Å². The summed E-state index contributed by atoms with van der Waals surface area (Å²) in [5, 5.41) is 2.07. The molecule has 4 heteroatoms. The van der Waals surface area contributed by atoms with Crippen LogP contribution in [0.3, 0.4) is 0 Å². The molecule has 0 bridgehead atoms. The largest absolute Gasteiger partial charge is 0.501 e. The SMILES string of the molecule is [2H]C([2H])([2H])c1cnc(-c2[c-]cccc2)cc1CC1CCCCC1.[2H]C([2H])(c1ccccc1)c1ccnc(-c2[c-]ccc3c2oc2cc(C(C)C)ccc23)c1.[Ir]. The maximum Gasteiger partial charge on any atom is 0.121 e. The number of pyridine rings is 2. The Hall–Kier alpha value is -4.37. The van der Waals surface area contributed by atoms with Crippen molar-refractivity contribution in [3.63, 3.8) is 0 Å². The second kappa shape index (κ2) is 16.6. The first-order chi connectivity index (χ1) is 26.0. The molecular weight excluding hydrogens is 789 g/mol. The fourth-order valence-corrected chi connectivity index (χ4v) is 6.71. The van der Waals surface area contributed by atoms with Crippen LogP contribution in [0.25, 0.3) is 44.5 Å². The van der Waals surface area contributed by atoms with Crippen molar-refractivity contribution in [3.8, 4) is 22.5 Å². The van der Waals surface area contributed by atoms with Crippen molar-refractivity contribution in [1.82, 2.24) is 9.97 Å². The Kier molecular flexibility index (Phi) is 9.73. The smallest absolute Gasteiger partial charge is 0.121 e. The molecule has 3 heterocycles. The summed E-state index contributed by atoms with van der Waals surface area (Å²) in [4.78, 5) is 8.90. The number of furan rings is 1. The van der Waals surface area contributed by atoms with Gasteiger partial charge in [-0.25, -0.2) is 0 Å². The fraction of sp³-hybridized carbons (Fsp3) is 0.261. The first-order valence-corrected chi connectivity index (χ1v) is 17.3. The molecular formula is C46H44IrN2O-2. The van der Waals surface area contributed by atoms with Crippen molar-refractivity contribution in [3.05, 3.63) is 155 Å². The average Bonchev–Trinajstić information content (AvgIpc) is 3.57. The summed E-state index contributed by atoms with van der Waals surface area (Å²) in [5.74, 6) is 1.02. The molecule has 0 N–H and O–H groups in total. The molecule has 0 amide bonds. The van der Waals surface area contributed by atoms with Gasteiger partial charge in [0.2, 0.25) is 0 Å². The van der Waals surface area contributed by atoms with Gasteiger partial charge in [-0.3, -0.25) is 0 Å². The fourth-order valence-electron chi connectivity index (χ4n) is 6.71. The number of aromatic nitrogens is 2. The van der Waals surface area contributed by atoms with Crippen LogP contribution in [-0.2, 0) is 32.9 Å². The van der Waals surface area contributed by atoms with Crippen molar-refractivity contribution >= 4 is 21.9 Å². The minimum Gasteiger partial charge on any atom is -0.501 e. The van der Waals surface area contributed by atoms with Gasteiger partial charge in [-0.1, -0.05) is 117 Å². The molecule has 0 atom stereocenters. The van der Waals surface area contributed by atoms with Crippen molar-refractivity contribution in [2.45, 2.75) is 71.5 Å². The second-order valence-electron chi connectivity index (χ2n) is 13.2. The number of benzene rings is 4. The van der Waals surface area contributed by atoms with Crippen LogP contribution in [0.1, 0.15) is 86.5 Å². The van der Waals surface area contributed by atoms with E-state index in [1.54, 1.807) is 36.7 Å². The van der Waals surface area contributed by atoms with Crippen LogP contribution >= 0.6 is 0 Å². The van der Waals surface area contributed by atoms with Crippen LogP contribution in [0.2, 0.25) is 0 Å². The molecule has 3 aromatic heterocycles. The molecule has 1 radical (unpaired) electrons. The molecule has 0 unspecified atom stereocenters. The van der Waals surface area contributed by atoms with Crippen molar-refractivity contribution in [2.24, 2.45) is 5.92 Å². The molecule has 1 fully saturated rings. The van der Waals surface area contributed by atoms with Crippen molar-refractivity contribution < 1.29 is 31.4 Å². The summed E-state index contributed by atoms with van der Waals surface area (Å²) in [6, 6.07) is 39.0. The Labute approximate surface area is 317 Å². The van der Waals surface area contributed by atoms with Gasteiger partial charge in [-0.15, -0.1) is 54.1 Å². The summed E-state index contributed by atoms with van der Waals surface area (Å²) >= 11 is 0. The van der Waals surface area contributed by atoms with Gasteiger partial charge in [-0.2, -0.15) is 0 Å². The van der Waals surface area contributed by atoms with Crippen LogP contribution in [0.5, 0.6) is 0 Å². The average molecular weight is 838 g/mol. The maximum absolute atomic E-state index is 8.69. The number of hydrogen-bond donors (Lipinski definition) is 0.